The van der Waals surface area contributed by atoms with E-state index in [9.17, 15) is 0 Å². The van der Waals surface area contributed by atoms with Gasteiger partial charge in [-0.2, -0.15) is 0 Å². The summed E-state index contributed by atoms with van der Waals surface area (Å²) in [6, 6.07) is 1.84. The molecule has 102 valence electrons. The molecule has 1 aromatic rings. The van der Waals surface area contributed by atoms with Crippen molar-refractivity contribution in [3.63, 3.8) is 0 Å². The third kappa shape index (κ3) is 4.47. The summed E-state index contributed by atoms with van der Waals surface area (Å²) in [5, 5.41) is 4.42. The van der Waals surface area contributed by atoms with E-state index in [1.165, 1.54) is 0 Å². The van der Waals surface area contributed by atoms with Crippen molar-refractivity contribution in [2.75, 3.05) is 26.0 Å². The molecule has 0 spiro atoms. The molecule has 0 radical (unpaired) electrons. The molecule has 1 aromatic heterocycles. The second kappa shape index (κ2) is 6.80. The van der Waals surface area contributed by atoms with E-state index in [-0.39, 0.29) is 11.2 Å². The zero-order valence-electron chi connectivity index (χ0n) is 11.0. The van der Waals surface area contributed by atoms with E-state index in [0.29, 0.717) is 21.8 Å². The lowest BCUT2D eigenvalue weighted by atomic mass is 10.0. The topological polar surface area (TPSA) is 28.2 Å². The van der Waals surface area contributed by atoms with Crippen LogP contribution in [0.1, 0.15) is 13.8 Å². The van der Waals surface area contributed by atoms with Crippen molar-refractivity contribution in [1.82, 2.24) is 9.88 Å². The molecule has 3 nitrogen and oxygen atoms in total. The van der Waals surface area contributed by atoms with E-state index in [1.54, 1.807) is 6.07 Å². The Bertz CT molecular complexity index is 408. The van der Waals surface area contributed by atoms with Crippen LogP contribution in [0.4, 0.5) is 5.82 Å². The SMILES string of the molecule is CC(C)C(CN(C)C)Nc1nc(Cl)c(Cl)cc1Cl. The summed E-state index contributed by atoms with van der Waals surface area (Å²) in [6.45, 7) is 5.18. The van der Waals surface area contributed by atoms with Gasteiger partial charge in [-0.1, -0.05) is 48.7 Å². The monoisotopic (exact) mass is 309 g/mol. The molecule has 0 fully saturated rings. The summed E-state index contributed by atoms with van der Waals surface area (Å²) in [5.41, 5.74) is 0. The molecule has 1 heterocycles. The Morgan fingerprint density at radius 2 is 1.83 bits per heavy atom. The predicted molar refractivity (Wildman–Crippen MR) is 80.1 cm³/mol. The molecule has 1 atom stereocenters. The molecule has 0 bridgehead atoms. The first-order valence-electron chi connectivity index (χ1n) is 5.74. The summed E-state index contributed by atoms with van der Waals surface area (Å²) in [5.74, 6) is 1.02. The van der Waals surface area contributed by atoms with Gasteiger partial charge in [0.25, 0.3) is 0 Å². The predicted octanol–water partition coefficient (Wildman–Crippen LogP) is 4.04. The van der Waals surface area contributed by atoms with E-state index in [0.717, 1.165) is 6.54 Å². The second-order valence-electron chi connectivity index (χ2n) is 4.85. The molecule has 1 N–H and O–H groups in total. The van der Waals surface area contributed by atoms with Crippen molar-refractivity contribution in [2.24, 2.45) is 5.92 Å². The van der Waals surface area contributed by atoms with E-state index in [2.05, 4.69) is 29.0 Å². The van der Waals surface area contributed by atoms with Crippen molar-refractivity contribution in [2.45, 2.75) is 19.9 Å². The highest BCUT2D eigenvalue weighted by Gasteiger charge is 2.17. The van der Waals surface area contributed by atoms with Crippen molar-refractivity contribution in [1.29, 1.82) is 0 Å². The fourth-order valence-corrected chi connectivity index (χ4v) is 2.09. The highest BCUT2D eigenvalue weighted by Crippen LogP contribution is 2.29. The van der Waals surface area contributed by atoms with E-state index in [1.807, 2.05) is 14.1 Å². The zero-order chi connectivity index (χ0) is 13.9. The number of aromatic nitrogens is 1. The average Bonchev–Trinajstić information content (AvgIpc) is 2.23. The van der Waals surface area contributed by atoms with E-state index >= 15 is 0 Å². The number of likely N-dealkylation sites (N-methyl/N-ethyl adjacent to an activating group) is 1. The number of halogens is 3. The zero-order valence-corrected chi connectivity index (χ0v) is 13.2. The normalized spacial score (nSPS) is 13.2. The first kappa shape index (κ1) is 15.8. The van der Waals surface area contributed by atoms with Crippen LogP contribution in [0.25, 0.3) is 0 Å². The Balaban J connectivity index is 2.90. The van der Waals surface area contributed by atoms with Crippen LogP contribution >= 0.6 is 34.8 Å². The summed E-state index contributed by atoms with van der Waals surface area (Å²) >= 11 is 17.9. The van der Waals surface area contributed by atoms with Gasteiger partial charge in [-0.3, -0.25) is 0 Å². The molecule has 0 aliphatic carbocycles. The number of rotatable bonds is 5. The number of hydrogen-bond acceptors (Lipinski definition) is 3. The lowest BCUT2D eigenvalue weighted by Crippen LogP contribution is -2.36. The number of nitrogens with one attached hydrogen (secondary N) is 1. The minimum Gasteiger partial charge on any atom is -0.365 e. The van der Waals surface area contributed by atoms with E-state index < -0.39 is 0 Å². The van der Waals surface area contributed by atoms with Gasteiger partial charge in [0.15, 0.2) is 0 Å². The average molecular weight is 311 g/mol. The Kier molecular flexibility index (Phi) is 5.99. The summed E-state index contributed by atoms with van der Waals surface area (Å²) < 4.78 is 0. The maximum absolute atomic E-state index is 6.11. The minimum atomic E-state index is 0.238. The molecule has 6 heteroatoms. The standard InChI is InChI=1S/C12H18Cl3N3/c1-7(2)10(6-18(3)4)16-12-9(14)5-8(13)11(15)17-12/h5,7,10H,6H2,1-4H3,(H,16,17). The van der Waals surface area contributed by atoms with Gasteiger partial charge in [-0.05, 0) is 26.1 Å². The van der Waals surface area contributed by atoms with E-state index in [4.69, 9.17) is 34.8 Å². The molecule has 0 aromatic carbocycles. The molecule has 0 aliphatic rings. The van der Waals surface area contributed by atoms with Crippen molar-refractivity contribution >= 4 is 40.6 Å². The molecule has 0 amide bonds. The number of hydrogen-bond donors (Lipinski definition) is 1. The lowest BCUT2D eigenvalue weighted by molar-refractivity contribution is 0.344. The van der Waals surface area contributed by atoms with Gasteiger partial charge in [0, 0.05) is 12.6 Å². The van der Waals surface area contributed by atoms with Crippen LogP contribution in [0.15, 0.2) is 6.07 Å². The molecule has 18 heavy (non-hydrogen) atoms. The van der Waals surface area contributed by atoms with Gasteiger partial charge in [0.2, 0.25) is 0 Å². The Hall–Kier alpha value is -0.220. The van der Waals surface area contributed by atoms with Gasteiger partial charge < -0.3 is 10.2 Å². The van der Waals surface area contributed by atoms with Gasteiger partial charge in [-0.25, -0.2) is 4.98 Å². The van der Waals surface area contributed by atoms with Gasteiger partial charge in [0.1, 0.15) is 11.0 Å². The number of pyridine rings is 1. The van der Waals surface area contributed by atoms with Gasteiger partial charge in [-0.15, -0.1) is 0 Å². The quantitative estimate of drug-likeness (QED) is 0.832. The van der Waals surface area contributed by atoms with Crippen LogP contribution in [0, 0.1) is 5.92 Å². The number of anilines is 1. The maximum atomic E-state index is 6.11. The van der Waals surface area contributed by atoms with Crippen molar-refractivity contribution in [3.05, 3.63) is 21.3 Å². The lowest BCUT2D eigenvalue weighted by Gasteiger charge is -2.26. The Labute approximate surface area is 123 Å². The van der Waals surface area contributed by atoms with Crippen LogP contribution < -0.4 is 5.32 Å². The molecule has 1 unspecified atom stereocenters. The third-order valence-corrected chi connectivity index (χ3v) is 3.54. The van der Waals surface area contributed by atoms with Crippen molar-refractivity contribution < 1.29 is 0 Å². The fraction of sp³-hybridized carbons (Fsp3) is 0.583. The number of nitrogens with zero attached hydrogens (tertiary/aromatic N) is 2. The maximum Gasteiger partial charge on any atom is 0.150 e. The summed E-state index contributed by atoms with van der Waals surface area (Å²) in [4.78, 5) is 6.29. The first-order chi connectivity index (χ1) is 8.31. The summed E-state index contributed by atoms with van der Waals surface area (Å²) in [6.07, 6.45) is 0. The third-order valence-electron chi connectivity index (χ3n) is 2.58. The molecule has 0 aliphatic heterocycles. The van der Waals surface area contributed by atoms with Crippen molar-refractivity contribution in [3.8, 4) is 0 Å². The molecule has 1 rings (SSSR count). The smallest absolute Gasteiger partial charge is 0.150 e. The highest BCUT2D eigenvalue weighted by atomic mass is 35.5. The minimum absolute atomic E-state index is 0.238. The largest absolute Gasteiger partial charge is 0.365 e. The first-order valence-corrected chi connectivity index (χ1v) is 6.87. The molecular weight excluding hydrogens is 293 g/mol. The highest BCUT2D eigenvalue weighted by molar-refractivity contribution is 6.42. The Morgan fingerprint density at radius 3 is 2.33 bits per heavy atom. The van der Waals surface area contributed by atoms with Crippen LogP contribution in [0.5, 0.6) is 0 Å². The summed E-state index contributed by atoms with van der Waals surface area (Å²) in [7, 11) is 4.06. The second-order valence-corrected chi connectivity index (χ2v) is 6.02. The molecular formula is C12H18Cl3N3. The fourth-order valence-electron chi connectivity index (χ4n) is 1.54. The van der Waals surface area contributed by atoms with Crippen LogP contribution in [-0.4, -0.2) is 36.6 Å². The Morgan fingerprint density at radius 1 is 1.22 bits per heavy atom. The molecule has 0 saturated carbocycles. The van der Waals surface area contributed by atoms with Crippen LogP contribution in [0.3, 0.4) is 0 Å². The van der Waals surface area contributed by atoms with Crippen LogP contribution in [-0.2, 0) is 0 Å². The van der Waals surface area contributed by atoms with Gasteiger partial charge >= 0.3 is 0 Å². The van der Waals surface area contributed by atoms with Crippen LogP contribution in [0.2, 0.25) is 15.2 Å². The molecule has 0 saturated heterocycles. The van der Waals surface area contributed by atoms with Gasteiger partial charge in [0.05, 0.1) is 10.0 Å².